The predicted octanol–water partition coefficient (Wildman–Crippen LogP) is 1.19. The fourth-order valence-corrected chi connectivity index (χ4v) is 2.45. The lowest BCUT2D eigenvalue weighted by molar-refractivity contribution is -0.143. The molecule has 22 heavy (non-hydrogen) atoms. The first-order chi connectivity index (χ1) is 10.6. The number of fused-ring (bicyclic) bond motifs is 1. The molecule has 0 fully saturated rings. The van der Waals surface area contributed by atoms with Crippen LogP contribution in [0.5, 0.6) is 0 Å². The lowest BCUT2D eigenvalue weighted by atomic mass is 10.1. The summed E-state index contributed by atoms with van der Waals surface area (Å²) in [5.41, 5.74) is 6.93. The van der Waals surface area contributed by atoms with Crippen molar-refractivity contribution < 1.29 is 14.3 Å². The molecule has 0 saturated carbocycles. The fourth-order valence-electron chi connectivity index (χ4n) is 2.45. The van der Waals surface area contributed by atoms with Gasteiger partial charge >= 0.3 is 5.97 Å². The Hall–Kier alpha value is -2.34. The largest absolute Gasteiger partial charge is 0.467 e. The standard InChI is InChI=1S/C16H21N3O3/c1-19-13-8-4-3-6-11(13)10-14(19)15(20)18-12(7-5-9-17)16(21)22-2/h3-4,6,8,10,12H,5,7,9,17H2,1-2H3,(H,18,20)/t12-/m1/s1. The Kier molecular flexibility index (Phi) is 5.16. The second-order valence-electron chi connectivity index (χ2n) is 5.13. The number of esters is 1. The Morgan fingerprint density at radius 1 is 1.36 bits per heavy atom. The lowest BCUT2D eigenvalue weighted by Crippen LogP contribution is -2.42. The van der Waals surface area contributed by atoms with Crippen LogP contribution in [-0.4, -0.2) is 36.1 Å². The van der Waals surface area contributed by atoms with Crippen LogP contribution in [-0.2, 0) is 16.6 Å². The summed E-state index contributed by atoms with van der Waals surface area (Å²) in [5.74, 6) is -0.758. The Labute approximate surface area is 129 Å². The highest BCUT2D eigenvalue weighted by molar-refractivity contribution is 6.00. The molecule has 0 aliphatic heterocycles. The van der Waals surface area contributed by atoms with Crippen LogP contribution in [0.4, 0.5) is 0 Å². The van der Waals surface area contributed by atoms with Crippen molar-refractivity contribution in [1.29, 1.82) is 0 Å². The van der Waals surface area contributed by atoms with Gasteiger partial charge in [-0.2, -0.15) is 0 Å². The summed E-state index contributed by atoms with van der Waals surface area (Å²) in [6, 6.07) is 8.85. The normalized spacial score (nSPS) is 12.1. The average Bonchev–Trinajstić information content (AvgIpc) is 2.88. The molecule has 2 aromatic rings. The number of benzene rings is 1. The molecule has 1 heterocycles. The Morgan fingerprint density at radius 3 is 2.73 bits per heavy atom. The number of carbonyl (C=O) groups excluding carboxylic acids is 2. The van der Waals surface area contributed by atoms with E-state index in [1.165, 1.54) is 7.11 Å². The number of carbonyl (C=O) groups is 2. The van der Waals surface area contributed by atoms with Gasteiger partial charge in [-0.05, 0) is 31.5 Å². The molecule has 0 spiro atoms. The van der Waals surface area contributed by atoms with Gasteiger partial charge in [0.25, 0.3) is 5.91 Å². The molecule has 0 bridgehead atoms. The minimum absolute atomic E-state index is 0.300. The van der Waals surface area contributed by atoms with Crippen LogP contribution < -0.4 is 11.1 Å². The van der Waals surface area contributed by atoms with E-state index in [0.717, 1.165) is 10.9 Å². The highest BCUT2D eigenvalue weighted by Crippen LogP contribution is 2.18. The first-order valence-corrected chi connectivity index (χ1v) is 7.21. The van der Waals surface area contributed by atoms with Gasteiger partial charge < -0.3 is 20.4 Å². The van der Waals surface area contributed by atoms with Gasteiger partial charge in [-0.1, -0.05) is 18.2 Å². The first-order valence-electron chi connectivity index (χ1n) is 7.21. The third-order valence-corrected chi connectivity index (χ3v) is 3.67. The van der Waals surface area contributed by atoms with E-state index in [2.05, 4.69) is 5.32 Å². The lowest BCUT2D eigenvalue weighted by Gasteiger charge is -2.16. The number of nitrogens with one attached hydrogen (secondary N) is 1. The molecule has 0 aliphatic rings. The van der Waals surface area contributed by atoms with E-state index >= 15 is 0 Å². The van der Waals surface area contributed by atoms with Gasteiger partial charge in [-0.25, -0.2) is 4.79 Å². The van der Waals surface area contributed by atoms with Crippen molar-refractivity contribution in [2.45, 2.75) is 18.9 Å². The fraction of sp³-hybridized carbons (Fsp3) is 0.375. The summed E-state index contributed by atoms with van der Waals surface area (Å²) in [4.78, 5) is 24.2. The SMILES string of the molecule is COC(=O)[C@@H](CCCN)NC(=O)c1cc2ccccc2n1C. The molecule has 6 nitrogen and oxygen atoms in total. The molecule has 0 unspecified atom stereocenters. The molecule has 0 saturated heterocycles. The van der Waals surface area contributed by atoms with E-state index < -0.39 is 12.0 Å². The molecule has 1 aromatic carbocycles. The highest BCUT2D eigenvalue weighted by Gasteiger charge is 2.23. The number of amides is 1. The smallest absolute Gasteiger partial charge is 0.328 e. The number of aryl methyl sites for hydroxylation is 1. The van der Waals surface area contributed by atoms with Crippen molar-refractivity contribution in [2.24, 2.45) is 12.8 Å². The molecular weight excluding hydrogens is 282 g/mol. The number of nitrogens with zero attached hydrogens (tertiary/aromatic N) is 1. The van der Waals surface area contributed by atoms with E-state index in [0.29, 0.717) is 25.1 Å². The molecule has 1 atom stereocenters. The van der Waals surface area contributed by atoms with Crippen molar-refractivity contribution in [3.8, 4) is 0 Å². The van der Waals surface area contributed by atoms with Gasteiger partial charge in [-0.15, -0.1) is 0 Å². The number of hydrogen-bond acceptors (Lipinski definition) is 4. The van der Waals surface area contributed by atoms with E-state index in [4.69, 9.17) is 10.5 Å². The maximum absolute atomic E-state index is 12.5. The molecular formula is C16H21N3O3. The summed E-state index contributed by atoms with van der Waals surface area (Å²) < 4.78 is 6.54. The quantitative estimate of drug-likeness (QED) is 0.785. The Morgan fingerprint density at radius 2 is 2.09 bits per heavy atom. The van der Waals surface area contributed by atoms with Gasteiger partial charge in [0.05, 0.1) is 7.11 Å². The maximum atomic E-state index is 12.5. The second kappa shape index (κ2) is 7.09. The van der Waals surface area contributed by atoms with Gasteiger partial charge in [0.1, 0.15) is 11.7 Å². The van der Waals surface area contributed by atoms with E-state index in [9.17, 15) is 9.59 Å². The van der Waals surface area contributed by atoms with Crippen molar-refractivity contribution in [1.82, 2.24) is 9.88 Å². The summed E-state index contributed by atoms with van der Waals surface area (Å²) in [5, 5.41) is 3.71. The number of nitrogens with two attached hydrogens (primary N) is 1. The number of aromatic nitrogens is 1. The highest BCUT2D eigenvalue weighted by atomic mass is 16.5. The number of ether oxygens (including phenoxy) is 1. The summed E-state index contributed by atoms with van der Waals surface area (Å²) >= 11 is 0. The zero-order chi connectivity index (χ0) is 16.1. The van der Waals surface area contributed by atoms with Crippen molar-refractivity contribution >= 4 is 22.8 Å². The second-order valence-corrected chi connectivity index (χ2v) is 5.13. The topological polar surface area (TPSA) is 86.3 Å². The molecule has 1 amide bonds. The molecule has 2 rings (SSSR count). The number of methoxy groups -OCH3 is 1. The van der Waals surface area contributed by atoms with Gasteiger partial charge in [0.2, 0.25) is 0 Å². The monoisotopic (exact) mass is 303 g/mol. The van der Waals surface area contributed by atoms with Crippen LogP contribution in [0.15, 0.2) is 30.3 Å². The van der Waals surface area contributed by atoms with Crippen LogP contribution >= 0.6 is 0 Å². The third-order valence-electron chi connectivity index (χ3n) is 3.67. The number of rotatable bonds is 6. The minimum Gasteiger partial charge on any atom is -0.467 e. The van der Waals surface area contributed by atoms with Crippen molar-refractivity contribution in [3.05, 3.63) is 36.0 Å². The van der Waals surface area contributed by atoms with Gasteiger partial charge in [0.15, 0.2) is 0 Å². The van der Waals surface area contributed by atoms with Gasteiger partial charge in [-0.3, -0.25) is 4.79 Å². The first kappa shape index (κ1) is 16.0. The third kappa shape index (κ3) is 3.28. The van der Waals surface area contributed by atoms with Crippen LogP contribution in [0.3, 0.4) is 0 Å². The molecule has 3 N–H and O–H groups in total. The molecule has 0 radical (unpaired) electrons. The zero-order valence-corrected chi connectivity index (χ0v) is 12.8. The minimum atomic E-state index is -0.681. The van der Waals surface area contributed by atoms with Crippen LogP contribution in [0.1, 0.15) is 23.3 Å². The zero-order valence-electron chi connectivity index (χ0n) is 12.8. The Balaban J connectivity index is 2.21. The van der Waals surface area contributed by atoms with Crippen LogP contribution in [0.25, 0.3) is 10.9 Å². The number of para-hydroxylation sites is 1. The molecule has 6 heteroatoms. The summed E-state index contributed by atoms with van der Waals surface area (Å²) in [7, 11) is 3.13. The van der Waals surface area contributed by atoms with E-state index in [1.807, 2.05) is 41.9 Å². The van der Waals surface area contributed by atoms with Crippen molar-refractivity contribution in [2.75, 3.05) is 13.7 Å². The van der Waals surface area contributed by atoms with Gasteiger partial charge in [0, 0.05) is 18.0 Å². The molecule has 118 valence electrons. The summed E-state index contributed by atoms with van der Waals surface area (Å²) in [6.45, 7) is 0.456. The summed E-state index contributed by atoms with van der Waals surface area (Å²) in [6.07, 6.45) is 1.09. The van der Waals surface area contributed by atoms with E-state index in [-0.39, 0.29) is 5.91 Å². The Bertz CT molecular complexity index is 678. The number of hydrogen-bond donors (Lipinski definition) is 2. The molecule has 0 aliphatic carbocycles. The predicted molar refractivity (Wildman–Crippen MR) is 84.5 cm³/mol. The molecule has 1 aromatic heterocycles. The van der Waals surface area contributed by atoms with Crippen molar-refractivity contribution in [3.63, 3.8) is 0 Å². The maximum Gasteiger partial charge on any atom is 0.328 e. The van der Waals surface area contributed by atoms with E-state index in [1.54, 1.807) is 0 Å². The average molecular weight is 303 g/mol. The van der Waals surface area contributed by atoms with Crippen LogP contribution in [0.2, 0.25) is 0 Å². The van der Waals surface area contributed by atoms with Crippen LogP contribution in [0, 0.1) is 0 Å².